The van der Waals surface area contributed by atoms with Crippen molar-refractivity contribution >= 4 is 11.8 Å². The van der Waals surface area contributed by atoms with Crippen LogP contribution in [0, 0.1) is 0 Å². The molecular formula is C13H16O4. The van der Waals surface area contributed by atoms with Crippen molar-refractivity contribution in [2.45, 2.75) is 26.9 Å². The van der Waals surface area contributed by atoms with Crippen LogP contribution >= 0.6 is 0 Å². The second-order valence-electron chi connectivity index (χ2n) is 3.54. The zero-order valence-electron chi connectivity index (χ0n) is 10.0. The minimum atomic E-state index is -0.506. The standard InChI is InChI=1S/C13H16O4/c1-3-12(15)11-7-9(8-14)5-6-10(11)13(16)17-4-2/h5-7,14H,3-4,8H2,1-2H3. The van der Waals surface area contributed by atoms with Gasteiger partial charge < -0.3 is 9.84 Å². The zero-order chi connectivity index (χ0) is 12.8. The number of ketones is 1. The first-order valence-corrected chi connectivity index (χ1v) is 5.58. The maximum Gasteiger partial charge on any atom is 0.338 e. The monoisotopic (exact) mass is 236 g/mol. The Morgan fingerprint density at radius 1 is 1.24 bits per heavy atom. The molecule has 1 N–H and O–H groups in total. The van der Waals surface area contributed by atoms with Crippen molar-refractivity contribution in [3.8, 4) is 0 Å². The highest BCUT2D eigenvalue weighted by molar-refractivity contribution is 6.06. The summed E-state index contributed by atoms with van der Waals surface area (Å²) in [6.45, 7) is 3.54. The normalized spacial score (nSPS) is 10.1. The summed E-state index contributed by atoms with van der Waals surface area (Å²) in [4.78, 5) is 23.4. The van der Waals surface area contributed by atoms with Gasteiger partial charge in [-0.1, -0.05) is 13.0 Å². The molecule has 1 aromatic rings. The predicted octanol–water partition coefficient (Wildman–Crippen LogP) is 1.95. The summed E-state index contributed by atoms with van der Waals surface area (Å²) in [7, 11) is 0. The lowest BCUT2D eigenvalue weighted by Crippen LogP contribution is -2.12. The second kappa shape index (κ2) is 6.15. The lowest BCUT2D eigenvalue weighted by Gasteiger charge is -2.08. The largest absolute Gasteiger partial charge is 0.462 e. The van der Waals surface area contributed by atoms with Crippen LogP contribution in [-0.2, 0) is 11.3 Å². The van der Waals surface area contributed by atoms with E-state index in [-0.39, 0.29) is 24.6 Å². The van der Waals surface area contributed by atoms with E-state index in [2.05, 4.69) is 0 Å². The van der Waals surface area contributed by atoms with Gasteiger partial charge in [-0.3, -0.25) is 4.79 Å². The maximum atomic E-state index is 11.7. The Morgan fingerprint density at radius 3 is 2.47 bits per heavy atom. The summed E-state index contributed by atoms with van der Waals surface area (Å²) in [5.74, 6) is -0.642. The van der Waals surface area contributed by atoms with Crippen LogP contribution in [-0.4, -0.2) is 23.5 Å². The molecule has 0 spiro atoms. The number of benzene rings is 1. The Labute approximate surface area is 100 Å². The summed E-state index contributed by atoms with van der Waals surface area (Å²) >= 11 is 0. The Hall–Kier alpha value is -1.68. The first-order chi connectivity index (χ1) is 8.13. The highest BCUT2D eigenvalue weighted by atomic mass is 16.5. The number of hydrogen-bond acceptors (Lipinski definition) is 4. The Kier molecular flexibility index (Phi) is 4.84. The molecule has 1 aromatic carbocycles. The fraction of sp³-hybridized carbons (Fsp3) is 0.385. The fourth-order valence-corrected chi connectivity index (χ4v) is 1.50. The lowest BCUT2D eigenvalue weighted by molar-refractivity contribution is 0.0523. The van der Waals surface area contributed by atoms with Crippen molar-refractivity contribution in [2.75, 3.05) is 6.61 Å². The van der Waals surface area contributed by atoms with Gasteiger partial charge in [0.05, 0.1) is 18.8 Å². The molecule has 0 saturated heterocycles. The fourth-order valence-electron chi connectivity index (χ4n) is 1.50. The smallest absolute Gasteiger partial charge is 0.338 e. The maximum absolute atomic E-state index is 11.7. The zero-order valence-corrected chi connectivity index (χ0v) is 10.0. The number of carbonyl (C=O) groups is 2. The van der Waals surface area contributed by atoms with Crippen molar-refractivity contribution in [1.82, 2.24) is 0 Å². The van der Waals surface area contributed by atoms with Crippen LogP contribution in [0.4, 0.5) is 0 Å². The number of rotatable bonds is 5. The van der Waals surface area contributed by atoms with Gasteiger partial charge in [-0.05, 0) is 24.6 Å². The first-order valence-electron chi connectivity index (χ1n) is 5.58. The van der Waals surface area contributed by atoms with Gasteiger partial charge >= 0.3 is 5.97 Å². The van der Waals surface area contributed by atoms with Crippen LogP contribution in [0.1, 0.15) is 46.5 Å². The predicted molar refractivity (Wildman–Crippen MR) is 62.9 cm³/mol. The third kappa shape index (κ3) is 3.14. The van der Waals surface area contributed by atoms with Crippen LogP contribution in [0.2, 0.25) is 0 Å². The van der Waals surface area contributed by atoms with E-state index in [1.54, 1.807) is 19.9 Å². The minimum absolute atomic E-state index is 0.136. The summed E-state index contributed by atoms with van der Waals surface area (Å²) in [6, 6.07) is 4.67. The van der Waals surface area contributed by atoms with E-state index in [1.165, 1.54) is 12.1 Å². The summed E-state index contributed by atoms with van der Waals surface area (Å²) in [5.41, 5.74) is 1.18. The molecule has 0 amide bonds. The molecule has 0 unspecified atom stereocenters. The van der Waals surface area contributed by atoms with E-state index in [0.29, 0.717) is 17.5 Å². The van der Waals surface area contributed by atoms with Gasteiger partial charge in [-0.25, -0.2) is 4.79 Å². The van der Waals surface area contributed by atoms with Gasteiger partial charge in [0.2, 0.25) is 0 Å². The molecule has 4 nitrogen and oxygen atoms in total. The Balaban J connectivity index is 3.19. The van der Waals surface area contributed by atoms with E-state index >= 15 is 0 Å². The average molecular weight is 236 g/mol. The van der Waals surface area contributed by atoms with Crippen molar-refractivity contribution in [3.05, 3.63) is 34.9 Å². The van der Waals surface area contributed by atoms with E-state index in [0.717, 1.165) is 0 Å². The first kappa shape index (κ1) is 13.4. The Bertz CT molecular complexity index is 423. The molecule has 4 heteroatoms. The molecule has 17 heavy (non-hydrogen) atoms. The van der Waals surface area contributed by atoms with E-state index in [4.69, 9.17) is 9.84 Å². The number of esters is 1. The molecule has 0 bridgehead atoms. The van der Waals surface area contributed by atoms with Gasteiger partial charge in [0.15, 0.2) is 5.78 Å². The number of aliphatic hydroxyl groups is 1. The van der Waals surface area contributed by atoms with Crippen LogP contribution in [0.15, 0.2) is 18.2 Å². The van der Waals surface area contributed by atoms with Gasteiger partial charge in [-0.2, -0.15) is 0 Å². The molecule has 92 valence electrons. The van der Waals surface area contributed by atoms with Crippen LogP contribution in [0.5, 0.6) is 0 Å². The van der Waals surface area contributed by atoms with Gasteiger partial charge in [0.25, 0.3) is 0 Å². The molecular weight excluding hydrogens is 220 g/mol. The van der Waals surface area contributed by atoms with Gasteiger partial charge in [0, 0.05) is 12.0 Å². The molecule has 0 aliphatic carbocycles. The van der Waals surface area contributed by atoms with E-state index < -0.39 is 5.97 Å². The van der Waals surface area contributed by atoms with Crippen LogP contribution < -0.4 is 0 Å². The number of carbonyl (C=O) groups excluding carboxylic acids is 2. The molecule has 0 radical (unpaired) electrons. The molecule has 0 aromatic heterocycles. The average Bonchev–Trinajstić information content (AvgIpc) is 2.37. The van der Waals surface area contributed by atoms with Crippen molar-refractivity contribution in [2.24, 2.45) is 0 Å². The quantitative estimate of drug-likeness (QED) is 0.627. The summed E-state index contributed by atoms with van der Waals surface area (Å²) in [5, 5.41) is 9.02. The van der Waals surface area contributed by atoms with Gasteiger partial charge in [0.1, 0.15) is 0 Å². The Morgan fingerprint density at radius 2 is 1.94 bits per heavy atom. The summed E-state index contributed by atoms with van der Waals surface area (Å²) in [6.07, 6.45) is 0.307. The van der Waals surface area contributed by atoms with Crippen molar-refractivity contribution in [1.29, 1.82) is 0 Å². The molecule has 1 rings (SSSR count). The third-order valence-electron chi connectivity index (χ3n) is 2.38. The third-order valence-corrected chi connectivity index (χ3v) is 2.38. The van der Waals surface area contributed by atoms with E-state index in [1.807, 2.05) is 0 Å². The molecule has 0 heterocycles. The molecule has 0 aliphatic heterocycles. The molecule has 0 saturated carbocycles. The topological polar surface area (TPSA) is 63.6 Å². The number of hydrogen-bond donors (Lipinski definition) is 1. The minimum Gasteiger partial charge on any atom is -0.462 e. The van der Waals surface area contributed by atoms with E-state index in [9.17, 15) is 9.59 Å². The highest BCUT2D eigenvalue weighted by Gasteiger charge is 2.17. The molecule has 0 fully saturated rings. The lowest BCUT2D eigenvalue weighted by atomic mass is 9.99. The van der Waals surface area contributed by atoms with Gasteiger partial charge in [-0.15, -0.1) is 0 Å². The summed E-state index contributed by atoms with van der Waals surface area (Å²) < 4.78 is 4.88. The van der Waals surface area contributed by atoms with Crippen molar-refractivity contribution in [3.63, 3.8) is 0 Å². The number of aliphatic hydroxyl groups excluding tert-OH is 1. The van der Waals surface area contributed by atoms with Crippen LogP contribution in [0.3, 0.4) is 0 Å². The van der Waals surface area contributed by atoms with Crippen molar-refractivity contribution < 1.29 is 19.4 Å². The number of Topliss-reactive ketones (excluding diaryl/α,β-unsaturated/α-hetero) is 1. The van der Waals surface area contributed by atoms with Crippen LogP contribution in [0.25, 0.3) is 0 Å². The SMILES string of the molecule is CCOC(=O)c1ccc(CO)cc1C(=O)CC. The number of ether oxygens (including phenoxy) is 1. The molecule has 0 aliphatic rings. The molecule has 0 atom stereocenters. The second-order valence-corrected chi connectivity index (χ2v) is 3.54. The highest BCUT2D eigenvalue weighted by Crippen LogP contribution is 2.16.